The topological polar surface area (TPSA) is 80.4 Å². The van der Waals surface area contributed by atoms with Crippen molar-refractivity contribution in [1.82, 2.24) is 15.5 Å². The number of aliphatic hydroxyl groups excluding tert-OH is 1. The summed E-state index contributed by atoms with van der Waals surface area (Å²) < 4.78 is 11.1. The molecule has 1 aliphatic heterocycles. The maximum atomic E-state index is 9.56. The van der Waals surface area contributed by atoms with Crippen molar-refractivity contribution in [2.75, 3.05) is 13.2 Å². The van der Waals surface area contributed by atoms with E-state index in [1.165, 1.54) is 0 Å². The molecule has 1 aliphatic rings. The summed E-state index contributed by atoms with van der Waals surface area (Å²) >= 11 is 0. The third kappa shape index (κ3) is 3.12. The van der Waals surface area contributed by atoms with Crippen molar-refractivity contribution < 1.29 is 14.4 Å². The molecule has 112 valence electrons. The van der Waals surface area contributed by atoms with Gasteiger partial charge in [-0.25, -0.2) is 0 Å². The molecular formula is C15H19N3O3. The van der Waals surface area contributed by atoms with Gasteiger partial charge in [0.1, 0.15) is 6.10 Å². The largest absolute Gasteiger partial charge is 0.392 e. The summed E-state index contributed by atoms with van der Waals surface area (Å²) in [7, 11) is 0. The van der Waals surface area contributed by atoms with Gasteiger partial charge in [0.15, 0.2) is 0 Å². The van der Waals surface area contributed by atoms with E-state index in [4.69, 9.17) is 9.26 Å². The van der Waals surface area contributed by atoms with Gasteiger partial charge in [0.25, 0.3) is 0 Å². The summed E-state index contributed by atoms with van der Waals surface area (Å²) in [4.78, 5) is 4.45. The molecular weight excluding hydrogens is 270 g/mol. The molecule has 6 heteroatoms. The Morgan fingerprint density at radius 1 is 1.43 bits per heavy atom. The molecule has 1 fully saturated rings. The number of benzene rings is 1. The summed E-state index contributed by atoms with van der Waals surface area (Å²) in [5.41, 5.74) is 0.992. The Labute approximate surface area is 123 Å². The second kappa shape index (κ2) is 6.34. The van der Waals surface area contributed by atoms with E-state index in [1.54, 1.807) is 0 Å². The normalized spacial score (nSPS) is 23.3. The van der Waals surface area contributed by atoms with Crippen LogP contribution in [0.5, 0.6) is 0 Å². The highest BCUT2D eigenvalue weighted by Crippen LogP contribution is 2.27. The van der Waals surface area contributed by atoms with Crippen LogP contribution in [0.2, 0.25) is 0 Å². The highest BCUT2D eigenvalue weighted by Gasteiger charge is 2.29. The smallest absolute Gasteiger partial charge is 0.243 e. The van der Waals surface area contributed by atoms with Crippen LogP contribution in [0, 0.1) is 0 Å². The monoisotopic (exact) mass is 289 g/mol. The summed E-state index contributed by atoms with van der Waals surface area (Å²) in [6, 6.07) is 9.74. The lowest BCUT2D eigenvalue weighted by molar-refractivity contribution is 0.0833. The average molecular weight is 289 g/mol. The first-order valence-corrected chi connectivity index (χ1v) is 7.19. The van der Waals surface area contributed by atoms with E-state index in [0.717, 1.165) is 5.56 Å². The van der Waals surface area contributed by atoms with E-state index in [-0.39, 0.29) is 18.2 Å². The average Bonchev–Trinajstić information content (AvgIpc) is 3.14. The molecule has 0 amide bonds. The zero-order valence-electron chi connectivity index (χ0n) is 11.9. The molecule has 1 aromatic carbocycles. The first-order valence-electron chi connectivity index (χ1n) is 7.19. The molecule has 21 heavy (non-hydrogen) atoms. The van der Waals surface area contributed by atoms with E-state index >= 15 is 0 Å². The minimum absolute atomic E-state index is 0.0840. The number of β-amino-alcohol motifs (C(OH)–C–C–N with tert-alkyl or cyclic N) is 1. The quantitative estimate of drug-likeness (QED) is 0.870. The van der Waals surface area contributed by atoms with Crippen LogP contribution in [0.4, 0.5) is 0 Å². The predicted octanol–water partition coefficient (Wildman–Crippen LogP) is 1.59. The molecule has 6 nitrogen and oxygen atoms in total. The molecule has 0 aliphatic carbocycles. The van der Waals surface area contributed by atoms with Gasteiger partial charge in [-0.1, -0.05) is 35.5 Å². The number of aromatic nitrogens is 2. The third-order valence-electron chi connectivity index (χ3n) is 3.53. The second-order valence-electron chi connectivity index (χ2n) is 5.09. The van der Waals surface area contributed by atoms with Crippen LogP contribution in [-0.4, -0.2) is 34.5 Å². The standard InChI is InChI=1S/C15H19N3O3/c1-2-20-13(10-6-4-3-5-7-10)14-17-15(21-18-14)12-8-11(19)9-16-12/h3-7,11-13,16,19H,2,8-9H2,1H3/t11-,12+,13?/m0/s1. The summed E-state index contributed by atoms with van der Waals surface area (Å²) in [6.07, 6.45) is -0.103. The number of nitrogens with one attached hydrogen (secondary N) is 1. The van der Waals surface area contributed by atoms with Crippen LogP contribution < -0.4 is 5.32 Å². The summed E-state index contributed by atoms with van der Waals surface area (Å²) in [6.45, 7) is 3.05. The van der Waals surface area contributed by atoms with E-state index in [2.05, 4.69) is 15.5 Å². The number of rotatable bonds is 5. The predicted molar refractivity (Wildman–Crippen MR) is 75.6 cm³/mol. The zero-order chi connectivity index (χ0) is 14.7. The minimum atomic E-state index is -0.359. The fourth-order valence-corrected chi connectivity index (χ4v) is 2.51. The molecule has 0 saturated carbocycles. The molecule has 2 heterocycles. The third-order valence-corrected chi connectivity index (χ3v) is 3.53. The number of hydrogen-bond donors (Lipinski definition) is 2. The summed E-state index contributed by atoms with van der Waals surface area (Å²) in [5.74, 6) is 1.02. The lowest BCUT2D eigenvalue weighted by Gasteiger charge is -2.13. The van der Waals surface area contributed by atoms with Gasteiger partial charge in [-0.2, -0.15) is 4.98 Å². The van der Waals surface area contributed by atoms with Gasteiger partial charge < -0.3 is 19.7 Å². The molecule has 0 bridgehead atoms. The van der Waals surface area contributed by atoms with Gasteiger partial charge in [-0.3, -0.25) is 0 Å². The van der Waals surface area contributed by atoms with Gasteiger partial charge in [-0.05, 0) is 18.9 Å². The zero-order valence-corrected chi connectivity index (χ0v) is 11.9. The SMILES string of the molecule is CCOC(c1ccccc1)c1noc([C@H]2C[C@H](O)CN2)n1. The molecule has 3 rings (SSSR count). The van der Waals surface area contributed by atoms with Crippen LogP contribution >= 0.6 is 0 Å². The fraction of sp³-hybridized carbons (Fsp3) is 0.467. The highest BCUT2D eigenvalue weighted by molar-refractivity contribution is 5.22. The lowest BCUT2D eigenvalue weighted by Crippen LogP contribution is -2.15. The number of ether oxygens (including phenoxy) is 1. The first kappa shape index (κ1) is 14.2. The maximum absolute atomic E-state index is 9.56. The molecule has 1 aromatic heterocycles. The Hall–Kier alpha value is -1.76. The Morgan fingerprint density at radius 3 is 2.90 bits per heavy atom. The number of aliphatic hydroxyl groups is 1. The van der Waals surface area contributed by atoms with E-state index in [9.17, 15) is 5.11 Å². The molecule has 1 saturated heterocycles. The van der Waals surface area contributed by atoms with E-state index in [1.807, 2.05) is 37.3 Å². The van der Waals surface area contributed by atoms with Gasteiger partial charge in [0.2, 0.25) is 11.7 Å². The van der Waals surface area contributed by atoms with Gasteiger partial charge in [0.05, 0.1) is 12.1 Å². The molecule has 2 N–H and O–H groups in total. The van der Waals surface area contributed by atoms with E-state index in [0.29, 0.717) is 31.3 Å². The highest BCUT2D eigenvalue weighted by atomic mass is 16.5. The Balaban J connectivity index is 1.82. The van der Waals surface area contributed by atoms with Crippen LogP contribution in [0.3, 0.4) is 0 Å². The van der Waals surface area contributed by atoms with Crippen molar-refractivity contribution in [1.29, 1.82) is 0 Å². The van der Waals surface area contributed by atoms with Gasteiger partial charge in [0, 0.05) is 13.2 Å². The van der Waals surface area contributed by atoms with Crippen LogP contribution in [0.15, 0.2) is 34.9 Å². The minimum Gasteiger partial charge on any atom is -0.392 e. The van der Waals surface area contributed by atoms with Crippen molar-refractivity contribution in [3.63, 3.8) is 0 Å². The fourth-order valence-electron chi connectivity index (χ4n) is 2.51. The van der Waals surface area contributed by atoms with Gasteiger partial charge >= 0.3 is 0 Å². The van der Waals surface area contributed by atoms with Crippen molar-refractivity contribution in [3.8, 4) is 0 Å². The molecule has 0 spiro atoms. The van der Waals surface area contributed by atoms with Crippen molar-refractivity contribution in [2.24, 2.45) is 0 Å². The number of nitrogens with zero attached hydrogens (tertiary/aromatic N) is 2. The number of hydrogen-bond acceptors (Lipinski definition) is 6. The molecule has 1 unspecified atom stereocenters. The Morgan fingerprint density at radius 2 is 2.24 bits per heavy atom. The van der Waals surface area contributed by atoms with Gasteiger partial charge in [-0.15, -0.1) is 0 Å². The Bertz CT molecular complexity index is 573. The van der Waals surface area contributed by atoms with Crippen LogP contribution in [0.25, 0.3) is 0 Å². The van der Waals surface area contributed by atoms with Crippen molar-refractivity contribution in [2.45, 2.75) is 31.6 Å². The van der Waals surface area contributed by atoms with Crippen molar-refractivity contribution in [3.05, 3.63) is 47.6 Å². The molecule has 3 atom stereocenters. The lowest BCUT2D eigenvalue weighted by atomic mass is 10.1. The molecule has 0 radical (unpaired) electrons. The molecule has 2 aromatic rings. The maximum Gasteiger partial charge on any atom is 0.243 e. The van der Waals surface area contributed by atoms with Crippen LogP contribution in [-0.2, 0) is 4.74 Å². The van der Waals surface area contributed by atoms with Crippen LogP contribution in [0.1, 0.15) is 42.8 Å². The Kier molecular flexibility index (Phi) is 4.28. The van der Waals surface area contributed by atoms with E-state index < -0.39 is 0 Å². The van der Waals surface area contributed by atoms with Crippen molar-refractivity contribution >= 4 is 0 Å². The summed E-state index contributed by atoms with van der Waals surface area (Å²) in [5, 5.41) is 16.8. The second-order valence-corrected chi connectivity index (χ2v) is 5.09. The first-order chi connectivity index (χ1) is 10.3.